The van der Waals surface area contributed by atoms with Gasteiger partial charge in [0.1, 0.15) is 0 Å². The van der Waals surface area contributed by atoms with Crippen LogP contribution in [-0.4, -0.2) is 6.54 Å². The van der Waals surface area contributed by atoms with Crippen molar-refractivity contribution >= 4 is 11.6 Å². The van der Waals surface area contributed by atoms with Gasteiger partial charge in [-0.1, -0.05) is 29.8 Å². The molecule has 62 valence electrons. The Bertz CT molecular complexity index is 306. The fourth-order valence-electron chi connectivity index (χ4n) is 0.908. The molecule has 0 N–H and O–H groups in total. The molecular weight excluding hydrogens is 177 g/mol. The molecule has 12 heavy (non-hydrogen) atoms. The molecule has 0 saturated carbocycles. The van der Waals surface area contributed by atoms with Crippen molar-refractivity contribution in [3.05, 3.63) is 46.3 Å². The number of hydrogen-bond donors (Lipinski definition) is 0. The van der Waals surface area contributed by atoms with Gasteiger partial charge < -0.3 is 4.85 Å². The zero-order valence-corrected chi connectivity index (χ0v) is 7.05. The van der Waals surface area contributed by atoms with Gasteiger partial charge in [-0.25, -0.2) is 11.0 Å². The third kappa shape index (κ3) is 1.96. The fourth-order valence-corrected chi connectivity index (χ4v) is 1.16. The summed E-state index contributed by atoms with van der Waals surface area (Å²) in [4.78, 5) is 2.97. The van der Waals surface area contributed by atoms with E-state index in [0.29, 0.717) is 10.6 Å². The highest BCUT2D eigenvalue weighted by Gasteiger charge is 2.14. The molecule has 0 spiro atoms. The average Bonchev–Trinajstić information content (AvgIpc) is 2.05. The zero-order chi connectivity index (χ0) is 8.97. The van der Waals surface area contributed by atoms with Gasteiger partial charge >= 0.3 is 0 Å². The molecule has 0 radical (unpaired) electrons. The molecule has 1 nitrogen and oxygen atoms in total. The van der Waals surface area contributed by atoms with Crippen molar-refractivity contribution in [1.82, 2.24) is 0 Å². The molecule has 1 rings (SSSR count). The second-order valence-electron chi connectivity index (χ2n) is 2.33. The Morgan fingerprint density at radius 1 is 1.50 bits per heavy atom. The van der Waals surface area contributed by atoms with Crippen molar-refractivity contribution in [3.8, 4) is 0 Å². The van der Waals surface area contributed by atoms with E-state index in [9.17, 15) is 4.39 Å². The van der Waals surface area contributed by atoms with Gasteiger partial charge in [-0.05, 0) is 6.07 Å². The first-order chi connectivity index (χ1) is 5.75. The highest BCUT2D eigenvalue weighted by molar-refractivity contribution is 6.31. The summed E-state index contributed by atoms with van der Waals surface area (Å²) in [6.07, 6.45) is -1.27. The molecule has 0 amide bonds. The Labute approximate surface area is 75.6 Å². The van der Waals surface area contributed by atoms with Gasteiger partial charge in [-0.2, -0.15) is 0 Å². The molecule has 0 aliphatic carbocycles. The molecule has 1 unspecified atom stereocenters. The van der Waals surface area contributed by atoms with Crippen molar-refractivity contribution in [1.29, 1.82) is 0 Å². The number of halogens is 2. The summed E-state index contributed by atoms with van der Waals surface area (Å²) in [5, 5.41) is 0.383. The van der Waals surface area contributed by atoms with E-state index < -0.39 is 6.17 Å². The maximum atomic E-state index is 13.1. The maximum absolute atomic E-state index is 13.1. The highest BCUT2D eigenvalue weighted by Crippen LogP contribution is 2.25. The summed E-state index contributed by atoms with van der Waals surface area (Å²) in [5.41, 5.74) is 0.398. The van der Waals surface area contributed by atoms with E-state index in [1.165, 1.54) is 0 Å². The van der Waals surface area contributed by atoms with E-state index in [2.05, 4.69) is 4.85 Å². The Balaban J connectivity index is 2.88. The van der Waals surface area contributed by atoms with Crippen LogP contribution in [0.3, 0.4) is 0 Å². The monoisotopic (exact) mass is 183 g/mol. The van der Waals surface area contributed by atoms with Gasteiger partial charge in [-0.3, -0.25) is 0 Å². The Kier molecular flexibility index (Phi) is 3.07. The van der Waals surface area contributed by atoms with Crippen LogP contribution in [0.1, 0.15) is 11.7 Å². The van der Waals surface area contributed by atoms with Crippen molar-refractivity contribution in [3.63, 3.8) is 0 Å². The highest BCUT2D eigenvalue weighted by atomic mass is 35.5. The summed E-state index contributed by atoms with van der Waals surface area (Å²) in [6, 6.07) is 6.65. The molecular formula is C9H7ClFN. The molecule has 0 aliphatic rings. The standard InChI is InChI=1S/C9H7ClFN/c1-12-6-9(11)7-4-2-3-5-8(7)10/h2-5,9H,6H2. The topological polar surface area (TPSA) is 4.36 Å². The van der Waals surface area contributed by atoms with Gasteiger partial charge in [0.05, 0.1) is 0 Å². The molecule has 1 atom stereocenters. The van der Waals surface area contributed by atoms with Crippen LogP contribution >= 0.6 is 11.6 Å². The minimum Gasteiger partial charge on any atom is -0.313 e. The Morgan fingerprint density at radius 2 is 2.17 bits per heavy atom. The minimum absolute atomic E-state index is 0.163. The van der Waals surface area contributed by atoms with E-state index in [1.807, 2.05) is 0 Å². The third-order valence-corrected chi connectivity index (χ3v) is 1.84. The Hall–Kier alpha value is -1.07. The first kappa shape index (κ1) is 9.02. The zero-order valence-electron chi connectivity index (χ0n) is 6.30. The number of benzene rings is 1. The van der Waals surface area contributed by atoms with E-state index in [0.717, 1.165) is 0 Å². The molecule has 0 bridgehead atoms. The van der Waals surface area contributed by atoms with Gasteiger partial charge in [0.15, 0.2) is 6.17 Å². The summed E-state index contributed by atoms with van der Waals surface area (Å²) >= 11 is 5.71. The van der Waals surface area contributed by atoms with Crippen molar-refractivity contribution in [2.24, 2.45) is 0 Å². The summed E-state index contributed by atoms with van der Waals surface area (Å²) in [5.74, 6) is 0. The van der Waals surface area contributed by atoms with Crippen molar-refractivity contribution in [2.45, 2.75) is 6.17 Å². The van der Waals surface area contributed by atoms with Gasteiger partial charge in [0, 0.05) is 10.6 Å². The minimum atomic E-state index is -1.27. The smallest absolute Gasteiger partial charge is 0.249 e. The van der Waals surface area contributed by atoms with Crippen LogP contribution in [0.2, 0.25) is 5.02 Å². The van der Waals surface area contributed by atoms with Gasteiger partial charge in [0.25, 0.3) is 0 Å². The van der Waals surface area contributed by atoms with E-state index in [1.54, 1.807) is 24.3 Å². The molecule has 0 aromatic heterocycles. The molecule has 0 fully saturated rings. The average molecular weight is 184 g/mol. The molecule has 3 heteroatoms. The number of alkyl halides is 1. The van der Waals surface area contributed by atoms with Gasteiger partial charge in [0.2, 0.25) is 6.54 Å². The molecule has 0 saturated heterocycles. The van der Waals surface area contributed by atoms with Gasteiger partial charge in [-0.15, -0.1) is 0 Å². The summed E-state index contributed by atoms with van der Waals surface area (Å²) in [7, 11) is 0. The quantitative estimate of drug-likeness (QED) is 0.620. The van der Waals surface area contributed by atoms with Crippen LogP contribution < -0.4 is 0 Å². The second kappa shape index (κ2) is 4.08. The second-order valence-corrected chi connectivity index (χ2v) is 2.74. The predicted molar refractivity (Wildman–Crippen MR) is 46.8 cm³/mol. The van der Waals surface area contributed by atoms with Crippen LogP contribution in [-0.2, 0) is 0 Å². The van der Waals surface area contributed by atoms with Crippen LogP contribution in [0.15, 0.2) is 24.3 Å². The van der Waals surface area contributed by atoms with Crippen molar-refractivity contribution < 1.29 is 4.39 Å². The lowest BCUT2D eigenvalue weighted by atomic mass is 10.1. The Morgan fingerprint density at radius 3 is 2.75 bits per heavy atom. The number of hydrogen-bond acceptors (Lipinski definition) is 0. The summed E-state index contributed by atoms with van der Waals surface area (Å²) < 4.78 is 13.1. The maximum Gasteiger partial charge on any atom is 0.249 e. The summed E-state index contributed by atoms with van der Waals surface area (Å²) in [6.45, 7) is 6.33. The number of nitrogens with zero attached hydrogens (tertiary/aromatic N) is 1. The molecule has 1 aromatic carbocycles. The predicted octanol–water partition coefficient (Wildman–Crippen LogP) is 3.27. The lowest BCUT2D eigenvalue weighted by Gasteiger charge is -2.03. The van der Waals surface area contributed by atoms with Crippen LogP contribution in [0, 0.1) is 6.57 Å². The fraction of sp³-hybridized carbons (Fsp3) is 0.222. The number of rotatable bonds is 2. The van der Waals surface area contributed by atoms with Crippen LogP contribution in [0.25, 0.3) is 4.85 Å². The molecule has 0 aliphatic heterocycles. The van der Waals surface area contributed by atoms with E-state index in [4.69, 9.17) is 18.2 Å². The molecule has 0 heterocycles. The van der Waals surface area contributed by atoms with E-state index in [-0.39, 0.29) is 6.54 Å². The van der Waals surface area contributed by atoms with E-state index >= 15 is 0 Å². The third-order valence-electron chi connectivity index (χ3n) is 1.49. The normalized spacial score (nSPS) is 12.1. The van der Waals surface area contributed by atoms with Crippen LogP contribution in [0.4, 0.5) is 4.39 Å². The van der Waals surface area contributed by atoms with Crippen molar-refractivity contribution in [2.75, 3.05) is 6.54 Å². The SMILES string of the molecule is [C-]#[N+]CC(F)c1ccccc1Cl. The molecule has 1 aromatic rings. The first-order valence-electron chi connectivity index (χ1n) is 3.47. The largest absolute Gasteiger partial charge is 0.313 e. The first-order valence-corrected chi connectivity index (χ1v) is 3.85. The lowest BCUT2D eigenvalue weighted by molar-refractivity contribution is 0.367. The van der Waals surface area contributed by atoms with Crippen LogP contribution in [0.5, 0.6) is 0 Å². The lowest BCUT2D eigenvalue weighted by Crippen LogP contribution is -1.94.